The summed E-state index contributed by atoms with van der Waals surface area (Å²) < 4.78 is 2.18. The van der Waals surface area contributed by atoms with Gasteiger partial charge < -0.3 is 15.6 Å². The summed E-state index contributed by atoms with van der Waals surface area (Å²) in [5.41, 5.74) is 8.35. The maximum Gasteiger partial charge on any atom is 0.193 e. The largest absolute Gasteiger partial charge is 0.370 e. The highest BCUT2D eigenvalue weighted by Gasteiger charge is 2.18. The van der Waals surface area contributed by atoms with E-state index in [-0.39, 0.29) is 30.0 Å². The van der Waals surface area contributed by atoms with Crippen molar-refractivity contribution in [2.24, 2.45) is 10.7 Å². The van der Waals surface area contributed by atoms with Gasteiger partial charge in [-0.3, -0.25) is 0 Å². The standard InChI is InChI=1S/C17H23N5.HI/c1-12(2)13-4-3-5-14(10-13)20-17(18)21-15-6-8-22-9-7-19-16(22)11-15;/h3-5,7,9-10,12,15H,6,8,11H2,1-2H3,(H3,18,20,21);1H. The minimum absolute atomic E-state index is 0. The van der Waals surface area contributed by atoms with Crippen molar-refractivity contribution < 1.29 is 0 Å². The van der Waals surface area contributed by atoms with Crippen LogP contribution in [0.5, 0.6) is 0 Å². The lowest BCUT2D eigenvalue weighted by atomic mass is 10.0. The number of rotatable bonds is 3. The number of anilines is 1. The number of aliphatic imine (C=N–C) groups is 1. The van der Waals surface area contributed by atoms with Crippen molar-refractivity contribution in [2.75, 3.05) is 5.32 Å². The van der Waals surface area contributed by atoms with Gasteiger partial charge in [0.15, 0.2) is 5.96 Å². The van der Waals surface area contributed by atoms with E-state index in [0.717, 1.165) is 30.9 Å². The number of halogens is 1. The van der Waals surface area contributed by atoms with Gasteiger partial charge in [0, 0.05) is 31.0 Å². The molecular formula is C17H24IN5. The van der Waals surface area contributed by atoms with Gasteiger partial charge >= 0.3 is 0 Å². The van der Waals surface area contributed by atoms with Crippen molar-refractivity contribution in [2.45, 2.75) is 45.2 Å². The molecule has 0 saturated carbocycles. The normalized spacial score (nSPS) is 17.5. The van der Waals surface area contributed by atoms with Crippen molar-refractivity contribution in [3.05, 3.63) is 48.0 Å². The van der Waals surface area contributed by atoms with E-state index in [1.54, 1.807) is 0 Å². The molecular weight excluding hydrogens is 401 g/mol. The lowest BCUT2D eigenvalue weighted by molar-refractivity contribution is 0.465. The molecule has 0 radical (unpaired) electrons. The van der Waals surface area contributed by atoms with E-state index in [1.807, 2.05) is 24.5 Å². The van der Waals surface area contributed by atoms with Crippen LogP contribution in [0, 0.1) is 0 Å². The SMILES string of the molecule is CC(C)c1cccc(NC(N)=NC2CCn3ccnc3C2)c1.I. The first-order valence-corrected chi connectivity index (χ1v) is 7.82. The maximum absolute atomic E-state index is 6.07. The molecule has 124 valence electrons. The van der Waals surface area contributed by atoms with Crippen molar-refractivity contribution in [1.29, 1.82) is 0 Å². The third-order valence-electron chi connectivity index (χ3n) is 4.07. The van der Waals surface area contributed by atoms with Crippen molar-refractivity contribution in [1.82, 2.24) is 9.55 Å². The van der Waals surface area contributed by atoms with Crippen LogP contribution in [0.3, 0.4) is 0 Å². The molecule has 0 aliphatic carbocycles. The Kier molecular flexibility index (Phi) is 6.04. The predicted molar refractivity (Wildman–Crippen MR) is 106 cm³/mol. The summed E-state index contributed by atoms with van der Waals surface area (Å²) in [6, 6.07) is 8.52. The highest BCUT2D eigenvalue weighted by Crippen LogP contribution is 2.19. The van der Waals surface area contributed by atoms with Gasteiger partial charge in [-0.25, -0.2) is 9.98 Å². The number of aryl methyl sites for hydroxylation is 1. The highest BCUT2D eigenvalue weighted by molar-refractivity contribution is 14.0. The summed E-state index contributed by atoms with van der Waals surface area (Å²) in [5, 5.41) is 3.20. The number of nitrogens with one attached hydrogen (secondary N) is 1. The molecule has 1 aliphatic rings. The number of fused-ring (bicyclic) bond motifs is 1. The summed E-state index contributed by atoms with van der Waals surface area (Å²) in [6.45, 7) is 5.32. The Morgan fingerprint density at radius 1 is 1.43 bits per heavy atom. The van der Waals surface area contributed by atoms with Crippen LogP contribution in [-0.2, 0) is 13.0 Å². The number of hydrogen-bond donors (Lipinski definition) is 2. The quantitative estimate of drug-likeness (QED) is 0.450. The third-order valence-corrected chi connectivity index (χ3v) is 4.07. The number of aromatic nitrogens is 2. The van der Waals surface area contributed by atoms with Crippen LogP contribution < -0.4 is 11.1 Å². The van der Waals surface area contributed by atoms with Gasteiger partial charge in [-0.05, 0) is 30.0 Å². The molecule has 3 rings (SSSR count). The van der Waals surface area contributed by atoms with Gasteiger partial charge in [0.1, 0.15) is 5.82 Å². The van der Waals surface area contributed by atoms with Crippen LogP contribution in [0.15, 0.2) is 41.7 Å². The van der Waals surface area contributed by atoms with E-state index >= 15 is 0 Å². The van der Waals surface area contributed by atoms with Gasteiger partial charge in [-0.1, -0.05) is 26.0 Å². The lowest BCUT2D eigenvalue weighted by Gasteiger charge is -2.20. The van der Waals surface area contributed by atoms with Crippen LogP contribution in [0.2, 0.25) is 0 Å². The smallest absolute Gasteiger partial charge is 0.193 e. The molecule has 6 heteroatoms. The van der Waals surface area contributed by atoms with Gasteiger partial charge in [-0.15, -0.1) is 24.0 Å². The number of benzene rings is 1. The monoisotopic (exact) mass is 425 g/mol. The highest BCUT2D eigenvalue weighted by atomic mass is 127. The second kappa shape index (κ2) is 7.81. The Labute approximate surface area is 154 Å². The van der Waals surface area contributed by atoms with E-state index in [0.29, 0.717) is 11.9 Å². The zero-order valence-corrected chi connectivity index (χ0v) is 15.9. The molecule has 3 N–H and O–H groups in total. The van der Waals surface area contributed by atoms with E-state index in [2.05, 4.69) is 45.8 Å². The van der Waals surface area contributed by atoms with Crippen LogP contribution in [0.1, 0.15) is 37.6 Å². The van der Waals surface area contributed by atoms with Crippen LogP contribution in [-0.4, -0.2) is 21.6 Å². The minimum atomic E-state index is 0. The van der Waals surface area contributed by atoms with Crippen molar-refractivity contribution >= 4 is 35.6 Å². The van der Waals surface area contributed by atoms with Crippen molar-refractivity contribution in [3.8, 4) is 0 Å². The van der Waals surface area contributed by atoms with Crippen LogP contribution in [0.4, 0.5) is 5.69 Å². The average molecular weight is 425 g/mol. The first kappa shape index (κ1) is 17.8. The van der Waals surface area contributed by atoms with Gasteiger partial charge in [0.2, 0.25) is 0 Å². The number of imidazole rings is 1. The molecule has 2 heterocycles. The number of hydrogen-bond acceptors (Lipinski definition) is 2. The summed E-state index contributed by atoms with van der Waals surface area (Å²) in [4.78, 5) is 8.98. The fraction of sp³-hybridized carbons (Fsp3) is 0.412. The Bertz CT molecular complexity index is 677. The number of nitrogens with two attached hydrogens (primary N) is 1. The molecule has 0 saturated heterocycles. The second-order valence-corrected chi connectivity index (χ2v) is 6.10. The average Bonchev–Trinajstić information content (AvgIpc) is 2.95. The number of nitrogens with zero attached hydrogens (tertiary/aromatic N) is 3. The molecule has 1 aliphatic heterocycles. The molecule has 0 amide bonds. The Morgan fingerprint density at radius 3 is 3.04 bits per heavy atom. The summed E-state index contributed by atoms with van der Waals surface area (Å²) in [5.74, 6) is 2.07. The summed E-state index contributed by atoms with van der Waals surface area (Å²) in [6.07, 6.45) is 5.72. The molecule has 5 nitrogen and oxygen atoms in total. The summed E-state index contributed by atoms with van der Waals surface area (Å²) in [7, 11) is 0. The third kappa shape index (κ3) is 4.46. The molecule has 1 unspecified atom stereocenters. The molecule has 0 spiro atoms. The predicted octanol–water partition coefficient (Wildman–Crippen LogP) is 3.37. The topological polar surface area (TPSA) is 68.2 Å². The van der Waals surface area contributed by atoms with Gasteiger partial charge in [0.05, 0.1) is 6.04 Å². The van der Waals surface area contributed by atoms with E-state index in [9.17, 15) is 0 Å². The van der Waals surface area contributed by atoms with E-state index in [4.69, 9.17) is 5.73 Å². The molecule has 0 fully saturated rings. The van der Waals surface area contributed by atoms with Crippen molar-refractivity contribution in [3.63, 3.8) is 0 Å². The first-order chi connectivity index (χ1) is 10.6. The van der Waals surface area contributed by atoms with Crippen LogP contribution in [0.25, 0.3) is 0 Å². The maximum atomic E-state index is 6.07. The second-order valence-electron chi connectivity index (χ2n) is 6.10. The lowest BCUT2D eigenvalue weighted by Crippen LogP contribution is -2.29. The Balaban J connectivity index is 0.00000192. The molecule has 0 bridgehead atoms. The minimum Gasteiger partial charge on any atom is -0.370 e. The zero-order valence-electron chi connectivity index (χ0n) is 13.6. The van der Waals surface area contributed by atoms with E-state index in [1.165, 1.54) is 5.56 Å². The molecule has 2 aromatic rings. The summed E-state index contributed by atoms with van der Waals surface area (Å²) >= 11 is 0. The van der Waals surface area contributed by atoms with Crippen LogP contribution >= 0.6 is 24.0 Å². The Hall–Kier alpha value is -1.57. The van der Waals surface area contributed by atoms with Gasteiger partial charge in [0.25, 0.3) is 0 Å². The van der Waals surface area contributed by atoms with E-state index < -0.39 is 0 Å². The fourth-order valence-electron chi connectivity index (χ4n) is 2.80. The molecule has 1 aromatic carbocycles. The zero-order chi connectivity index (χ0) is 15.5. The number of guanidine groups is 1. The first-order valence-electron chi connectivity index (χ1n) is 7.82. The molecule has 1 aromatic heterocycles. The molecule has 1 atom stereocenters. The molecule has 23 heavy (non-hydrogen) atoms. The Morgan fingerprint density at radius 2 is 2.26 bits per heavy atom. The fourth-order valence-corrected chi connectivity index (χ4v) is 2.80. The van der Waals surface area contributed by atoms with Gasteiger partial charge in [-0.2, -0.15) is 0 Å².